The SMILES string of the molecule is Cc1cc(C)nc(CCNC(=O)N(Cc2ccncc2)CC2CCC(=O)N2)n1. The van der Waals surface area contributed by atoms with Crippen LogP contribution in [0.1, 0.15) is 35.6 Å². The predicted molar refractivity (Wildman–Crippen MR) is 104 cm³/mol. The number of rotatable bonds is 7. The summed E-state index contributed by atoms with van der Waals surface area (Å²) in [4.78, 5) is 38.8. The van der Waals surface area contributed by atoms with Gasteiger partial charge in [0, 0.05) is 62.3 Å². The topological polar surface area (TPSA) is 100 Å². The zero-order valence-electron chi connectivity index (χ0n) is 16.3. The Morgan fingerprint density at radius 3 is 2.61 bits per heavy atom. The van der Waals surface area contributed by atoms with Crippen molar-refractivity contribution in [3.63, 3.8) is 0 Å². The fourth-order valence-corrected chi connectivity index (χ4v) is 3.31. The van der Waals surface area contributed by atoms with E-state index in [4.69, 9.17) is 0 Å². The van der Waals surface area contributed by atoms with Gasteiger partial charge >= 0.3 is 6.03 Å². The fourth-order valence-electron chi connectivity index (χ4n) is 3.31. The van der Waals surface area contributed by atoms with Crippen LogP contribution in [0.25, 0.3) is 0 Å². The summed E-state index contributed by atoms with van der Waals surface area (Å²) >= 11 is 0. The molecule has 0 aromatic carbocycles. The molecule has 3 heterocycles. The van der Waals surface area contributed by atoms with Gasteiger partial charge in [-0.3, -0.25) is 9.78 Å². The van der Waals surface area contributed by atoms with Gasteiger partial charge in [-0.15, -0.1) is 0 Å². The molecule has 1 aliphatic rings. The highest BCUT2D eigenvalue weighted by molar-refractivity contribution is 5.79. The summed E-state index contributed by atoms with van der Waals surface area (Å²) in [5.74, 6) is 0.766. The first-order chi connectivity index (χ1) is 13.5. The van der Waals surface area contributed by atoms with Gasteiger partial charge in [0.2, 0.25) is 5.91 Å². The number of hydrogen-bond acceptors (Lipinski definition) is 5. The van der Waals surface area contributed by atoms with Crippen LogP contribution >= 0.6 is 0 Å². The van der Waals surface area contributed by atoms with Gasteiger partial charge in [0.25, 0.3) is 0 Å². The molecule has 28 heavy (non-hydrogen) atoms. The van der Waals surface area contributed by atoms with E-state index in [1.54, 1.807) is 17.3 Å². The molecule has 8 nitrogen and oxygen atoms in total. The summed E-state index contributed by atoms with van der Waals surface area (Å²) in [6.45, 7) is 5.25. The fraction of sp³-hybridized carbons (Fsp3) is 0.450. The number of aromatic nitrogens is 3. The smallest absolute Gasteiger partial charge is 0.317 e. The van der Waals surface area contributed by atoms with Crippen LogP contribution in [0.5, 0.6) is 0 Å². The van der Waals surface area contributed by atoms with Gasteiger partial charge in [-0.2, -0.15) is 0 Å². The lowest BCUT2D eigenvalue weighted by molar-refractivity contribution is -0.119. The molecule has 1 saturated heterocycles. The van der Waals surface area contributed by atoms with Crippen molar-refractivity contribution in [2.24, 2.45) is 0 Å². The predicted octanol–water partition coefficient (Wildman–Crippen LogP) is 1.52. The standard InChI is InChI=1S/C20H26N6O2/c1-14-11-15(2)24-18(23-14)7-10-22-20(28)26(12-16-5-8-21-9-6-16)13-17-3-4-19(27)25-17/h5-6,8-9,11,17H,3-4,7,10,12-13H2,1-2H3,(H,22,28)(H,25,27). The zero-order chi connectivity index (χ0) is 19.9. The molecule has 0 saturated carbocycles. The van der Waals surface area contributed by atoms with E-state index in [-0.39, 0.29) is 18.0 Å². The lowest BCUT2D eigenvalue weighted by atomic mass is 10.2. The molecule has 0 bridgehead atoms. The number of pyridine rings is 1. The Kier molecular flexibility index (Phi) is 6.52. The van der Waals surface area contributed by atoms with Crippen LogP contribution < -0.4 is 10.6 Å². The highest BCUT2D eigenvalue weighted by Crippen LogP contribution is 2.11. The Morgan fingerprint density at radius 1 is 1.25 bits per heavy atom. The largest absolute Gasteiger partial charge is 0.352 e. The molecule has 0 spiro atoms. The van der Waals surface area contributed by atoms with Gasteiger partial charge in [-0.25, -0.2) is 14.8 Å². The second-order valence-corrected chi connectivity index (χ2v) is 7.09. The van der Waals surface area contributed by atoms with E-state index in [9.17, 15) is 9.59 Å². The highest BCUT2D eigenvalue weighted by Gasteiger charge is 2.25. The van der Waals surface area contributed by atoms with Crippen LogP contribution in [0.2, 0.25) is 0 Å². The van der Waals surface area contributed by atoms with Gasteiger partial charge in [0.15, 0.2) is 0 Å². The van der Waals surface area contributed by atoms with Gasteiger partial charge < -0.3 is 15.5 Å². The van der Waals surface area contributed by atoms with Crippen LogP contribution in [-0.2, 0) is 17.8 Å². The van der Waals surface area contributed by atoms with Crippen molar-refractivity contribution in [2.75, 3.05) is 13.1 Å². The third kappa shape index (κ3) is 5.73. The minimum Gasteiger partial charge on any atom is -0.352 e. The highest BCUT2D eigenvalue weighted by atomic mass is 16.2. The van der Waals surface area contributed by atoms with Crippen molar-refractivity contribution in [1.29, 1.82) is 0 Å². The lowest BCUT2D eigenvalue weighted by Crippen LogP contribution is -2.46. The Bertz CT molecular complexity index is 806. The summed E-state index contributed by atoms with van der Waals surface area (Å²) in [7, 11) is 0. The maximum absolute atomic E-state index is 12.8. The van der Waals surface area contributed by atoms with E-state index >= 15 is 0 Å². The van der Waals surface area contributed by atoms with Crippen LogP contribution in [-0.4, -0.2) is 50.9 Å². The first kappa shape index (κ1) is 19.7. The number of nitrogens with one attached hydrogen (secondary N) is 2. The number of nitrogens with zero attached hydrogens (tertiary/aromatic N) is 4. The van der Waals surface area contributed by atoms with E-state index in [2.05, 4.69) is 25.6 Å². The Hall–Kier alpha value is -3.03. The molecule has 8 heteroatoms. The molecule has 1 fully saturated rings. The van der Waals surface area contributed by atoms with E-state index in [1.165, 1.54) is 0 Å². The molecular weight excluding hydrogens is 356 g/mol. The minimum absolute atomic E-state index is 0.0113. The van der Waals surface area contributed by atoms with Gasteiger partial charge in [0.1, 0.15) is 5.82 Å². The maximum Gasteiger partial charge on any atom is 0.317 e. The number of carbonyl (C=O) groups is 2. The number of hydrogen-bond donors (Lipinski definition) is 2. The molecule has 1 aliphatic heterocycles. The minimum atomic E-state index is -0.165. The number of carbonyl (C=O) groups excluding carboxylic acids is 2. The maximum atomic E-state index is 12.8. The summed E-state index contributed by atoms with van der Waals surface area (Å²) in [6.07, 6.45) is 5.24. The second-order valence-electron chi connectivity index (χ2n) is 7.09. The summed E-state index contributed by atoms with van der Waals surface area (Å²) in [6, 6.07) is 5.52. The third-order valence-electron chi connectivity index (χ3n) is 4.59. The van der Waals surface area contributed by atoms with Crippen LogP contribution in [0.4, 0.5) is 4.79 Å². The van der Waals surface area contributed by atoms with Crippen molar-refractivity contribution < 1.29 is 9.59 Å². The lowest BCUT2D eigenvalue weighted by Gasteiger charge is -2.26. The van der Waals surface area contributed by atoms with Crippen molar-refractivity contribution in [2.45, 2.75) is 45.7 Å². The molecule has 3 amide bonds. The van der Waals surface area contributed by atoms with Crippen molar-refractivity contribution in [1.82, 2.24) is 30.5 Å². The second kappa shape index (κ2) is 9.25. The van der Waals surface area contributed by atoms with Crippen LogP contribution in [0.3, 0.4) is 0 Å². The van der Waals surface area contributed by atoms with Crippen molar-refractivity contribution in [3.05, 3.63) is 53.4 Å². The average Bonchev–Trinajstić information content (AvgIpc) is 3.06. The van der Waals surface area contributed by atoms with Crippen LogP contribution in [0, 0.1) is 13.8 Å². The zero-order valence-corrected chi connectivity index (χ0v) is 16.3. The van der Waals surface area contributed by atoms with E-state index < -0.39 is 0 Å². The molecule has 0 aliphatic carbocycles. The first-order valence-corrected chi connectivity index (χ1v) is 9.52. The van der Waals surface area contributed by atoms with Crippen molar-refractivity contribution in [3.8, 4) is 0 Å². The van der Waals surface area contributed by atoms with Crippen LogP contribution in [0.15, 0.2) is 30.6 Å². The number of aryl methyl sites for hydroxylation is 2. The molecular formula is C20H26N6O2. The molecule has 148 valence electrons. The molecule has 0 radical (unpaired) electrons. The summed E-state index contributed by atoms with van der Waals surface area (Å²) in [5.41, 5.74) is 2.84. The van der Waals surface area contributed by atoms with Gasteiger partial charge in [-0.1, -0.05) is 0 Å². The Labute approximate surface area is 164 Å². The molecule has 1 unspecified atom stereocenters. The number of urea groups is 1. The summed E-state index contributed by atoms with van der Waals surface area (Å²) < 4.78 is 0. The normalized spacial score (nSPS) is 15.9. The Balaban J connectivity index is 1.59. The van der Waals surface area contributed by atoms with E-state index in [0.29, 0.717) is 32.5 Å². The average molecular weight is 382 g/mol. The van der Waals surface area contributed by atoms with Gasteiger partial charge in [0.05, 0.1) is 0 Å². The van der Waals surface area contributed by atoms with E-state index in [1.807, 2.05) is 32.0 Å². The first-order valence-electron chi connectivity index (χ1n) is 9.52. The molecule has 1 atom stereocenters. The molecule has 2 aromatic rings. The third-order valence-corrected chi connectivity index (χ3v) is 4.59. The monoisotopic (exact) mass is 382 g/mol. The number of amides is 3. The molecule has 2 N–H and O–H groups in total. The quantitative estimate of drug-likeness (QED) is 0.756. The molecule has 3 rings (SSSR count). The van der Waals surface area contributed by atoms with Gasteiger partial charge in [-0.05, 0) is 44.0 Å². The van der Waals surface area contributed by atoms with Crippen molar-refractivity contribution >= 4 is 11.9 Å². The van der Waals surface area contributed by atoms with E-state index in [0.717, 1.165) is 29.2 Å². The molecule has 2 aromatic heterocycles. The Morgan fingerprint density at radius 2 is 1.96 bits per heavy atom. The summed E-state index contributed by atoms with van der Waals surface area (Å²) in [5, 5.41) is 5.88.